The van der Waals surface area contributed by atoms with Crippen molar-refractivity contribution in [1.82, 2.24) is 0 Å². The molecule has 0 aliphatic rings. The van der Waals surface area contributed by atoms with Gasteiger partial charge in [-0.05, 0) is 13.0 Å². The Kier molecular flexibility index (Phi) is 3.82. The second-order valence-corrected chi connectivity index (χ2v) is 4.54. The SMILES string of the molecule is C/C=C(/OS(=O)(=O)C(F)(F)F)c1ccccc1. The van der Waals surface area contributed by atoms with E-state index in [2.05, 4.69) is 4.18 Å². The maximum atomic E-state index is 12.1. The summed E-state index contributed by atoms with van der Waals surface area (Å²) in [7, 11) is -5.63. The van der Waals surface area contributed by atoms with E-state index in [4.69, 9.17) is 0 Å². The van der Waals surface area contributed by atoms with Crippen molar-refractivity contribution in [2.24, 2.45) is 0 Å². The Labute approximate surface area is 96.6 Å². The third-order valence-electron chi connectivity index (χ3n) is 1.80. The fourth-order valence-corrected chi connectivity index (χ4v) is 1.55. The number of alkyl halides is 3. The van der Waals surface area contributed by atoms with Gasteiger partial charge < -0.3 is 4.18 Å². The first-order valence-corrected chi connectivity index (χ1v) is 5.91. The minimum atomic E-state index is -5.63. The molecular weight excluding hydrogens is 257 g/mol. The van der Waals surface area contributed by atoms with Crippen molar-refractivity contribution < 1.29 is 25.8 Å². The van der Waals surface area contributed by atoms with E-state index in [1.54, 1.807) is 18.2 Å². The number of allylic oxidation sites excluding steroid dienone is 1. The molecule has 1 rings (SSSR count). The van der Waals surface area contributed by atoms with Crippen LogP contribution in [-0.2, 0) is 14.3 Å². The predicted octanol–water partition coefficient (Wildman–Crippen LogP) is 2.91. The molecule has 3 nitrogen and oxygen atoms in total. The lowest BCUT2D eigenvalue weighted by molar-refractivity contribution is -0.0509. The zero-order valence-electron chi connectivity index (χ0n) is 8.73. The Balaban J connectivity index is 3.03. The summed E-state index contributed by atoms with van der Waals surface area (Å²) in [5.41, 5.74) is -5.18. The molecule has 0 spiro atoms. The molecule has 0 fully saturated rings. The molecule has 0 saturated carbocycles. The van der Waals surface area contributed by atoms with E-state index in [9.17, 15) is 21.6 Å². The second kappa shape index (κ2) is 4.79. The van der Waals surface area contributed by atoms with Crippen LogP contribution in [-0.4, -0.2) is 13.9 Å². The summed E-state index contributed by atoms with van der Waals surface area (Å²) in [6.45, 7) is 1.38. The maximum Gasteiger partial charge on any atom is 0.534 e. The van der Waals surface area contributed by atoms with Crippen LogP contribution in [0.5, 0.6) is 0 Å². The van der Waals surface area contributed by atoms with Crippen LogP contribution in [0.15, 0.2) is 36.4 Å². The number of halogens is 3. The van der Waals surface area contributed by atoms with Gasteiger partial charge in [-0.1, -0.05) is 30.3 Å². The van der Waals surface area contributed by atoms with Gasteiger partial charge in [-0.25, -0.2) is 0 Å². The van der Waals surface area contributed by atoms with Crippen LogP contribution in [0.4, 0.5) is 13.2 Å². The third kappa shape index (κ3) is 3.23. The van der Waals surface area contributed by atoms with Crippen LogP contribution in [0.1, 0.15) is 12.5 Å². The fraction of sp³-hybridized carbons (Fsp3) is 0.200. The van der Waals surface area contributed by atoms with E-state index >= 15 is 0 Å². The van der Waals surface area contributed by atoms with Gasteiger partial charge in [0.1, 0.15) is 5.76 Å². The topological polar surface area (TPSA) is 43.4 Å². The molecule has 94 valence electrons. The van der Waals surface area contributed by atoms with Crippen LogP contribution >= 0.6 is 0 Å². The Morgan fingerprint density at radius 1 is 1.24 bits per heavy atom. The second-order valence-electron chi connectivity index (χ2n) is 3.00. The van der Waals surface area contributed by atoms with Gasteiger partial charge in [0, 0.05) is 5.56 Å². The van der Waals surface area contributed by atoms with E-state index in [0.29, 0.717) is 0 Å². The van der Waals surface area contributed by atoms with E-state index in [0.717, 1.165) is 6.08 Å². The highest BCUT2D eigenvalue weighted by Crippen LogP contribution is 2.29. The molecule has 0 aromatic heterocycles. The first-order valence-electron chi connectivity index (χ1n) is 4.50. The summed E-state index contributed by atoms with van der Waals surface area (Å²) in [6.07, 6.45) is 1.15. The molecule has 1 aromatic carbocycles. The highest BCUT2D eigenvalue weighted by atomic mass is 32.2. The Morgan fingerprint density at radius 2 is 1.76 bits per heavy atom. The molecule has 0 radical (unpaired) electrons. The van der Waals surface area contributed by atoms with Crippen LogP contribution in [0.2, 0.25) is 0 Å². The fourth-order valence-electron chi connectivity index (χ4n) is 1.03. The number of hydrogen-bond acceptors (Lipinski definition) is 3. The van der Waals surface area contributed by atoms with Crippen molar-refractivity contribution in [2.75, 3.05) is 0 Å². The van der Waals surface area contributed by atoms with E-state index in [-0.39, 0.29) is 11.3 Å². The molecular formula is C10H9F3O3S. The number of benzene rings is 1. The van der Waals surface area contributed by atoms with Crippen LogP contribution in [0.25, 0.3) is 5.76 Å². The van der Waals surface area contributed by atoms with Gasteiger partial charge in [0.05, 0.1) is 0 Å². The summed E-state index contributed by atoms with van der Waals surface area (Å²) in [5, 5.41) is 0. The van der Waals surface area contributed by atoms with Crippen molar-refractivity contribution in [3.8, 4) is 0 Å². The summed E-state index contributed by atoms with van der Waals surface area (Å²) < 4.78 is 62.0. The minimum absolute atomic E-state index is 0.253. The van der Waals surface area contributed by atoms with Gasteiger partial charge in [-0.2, -0.15) is 21.6 Å². The lowest BCUT2D eigenvalue weighted by Gasteiger charge is -2.12. The smallest absolute Gasteiger partial charge is 0.376 e. The molecule has 0 saturated heterocycles. The van der Waals surface area contributed by atoms with Gasteiger partial charge in [0.25, 0.3) is 0 Å². The molecule has 0 bridgehead atoms. The zero-order valence-corrected chi connectivity index (χ0v) is 9.55. The zero-order chi connectivity index (χ0) is 13.1. The van der Waals surface area contributed by atoms with Gasteiger partial charge in [-0.3, -0.25) is 0 Å². The summed E-state index contributed by atoms with van der Waals surface area (Å²) in [5.74, 6) is -0.358. The van der Waals surface area contributed by atoms with Crippen LogP contribution in [0, 0.1) is 0 Å². The molecule has 0 N–H and O–H groups in total. The summed E-state index contributed by atoms with van der Waals surface area (Å²) in [6, 6.07) is 7.66. The van der Waals surface area contributed by atoms with Crippen LogP contribution in [0.3, 0.4) is 0 Å². The van der Waals surface area contributed by atoms with Gasteiger partial charge in [0.15, 0.2) is 0 Å². The first kappa shape index (κ1) is 13.6. The highest BCUT2D eigenvalue weighted by molar-refractivity contribution is 7.87. The molecule has 0 heterocycles. The van der Waals surface area contributed by atoms with Crippen molar-refractivity contribution >= 4 is 15.9 Å². The maximum absolute atomic E-state index is 12.1. The van der Waals surface area contributed by atoms with Gasteiger partial charge in [-0.15, -0.1) is 0 Å². The van der Waals surface area contributed by atoms with Crippen molar-refractivity contribution in [1.29, 1.82) is 0 Å². The van der Waals surface area contributed by atoms with Crippen molar-refractivity contribution in [3.05, 3.63) is 42.0 Å². The Hall–Kier alpha value is -1.50. The average Bonchev–Trinajstić information content (AvgIpc) is 2.25. The van der Waals surface area contributed by atoms with Crippen molar-refractivity contribution in [2.45, 2.75) is 12.4 Å². The van der Waals surface area contributed by atoms with Crippen molar-refractivity contribution in [3.63, 3.8) is 0 Å². The predicted molar refractivity (Wildman–Crippen MR) is 56.2 cm³/mol. The molecule has 17 heavy (non-hydrogen) atoms. The lowest BCUT2D eigenvalue weighted by Crippen LogP contribution is -2.25. The number of rotatable bonds is 3. The molecule has 1 aromatic rings. The van der Waals surface area contributed by atoms with E-state index < -0.39 is 15.6 Å². The molecule has 0 unspecified atom stereocenters. The first-order chi connectivity index (χ1) is 7.78. The Morgan fingerprint density at radius 3 is 2.18 bits per heavy atom. The molecule has 7 heteroatoms. The van der Waals surface area contributed by atoms with E-state index in [1.165, 1.54) is 19.1 Å². The minimum Gasteiger partial charge on any atom is -0.376 e. The van der Waals surface area contributed by atoms with Gasteiger partial charge in [0.2, 0.25) is 0 Å². The lowest BCUT2D eigenvalue weighted by atomic mass is 10.2. The largest absolute Gasteiger partial charge is 0.534 e. The summed E-state index contributed by atoms with van der Waals surface area (Å²) in [4.78, 5) is 0. The Bertz CT molecular complexity index is 503. The highest BCUT2D eigenvalue weighted by Gasteiger charge is 2.48. The quantitative estimate of drug-likeness (QED) is 0.480. The molecule has 0 atom stereocenters. The monoisotopic (exact) mass is 266 g/mol. The van der Waals surface area contributed by atoms with E-state index in [1.807, 2.05) is 0 Å². The normalized spacial score (nSPS) is 13.5. The third-order valence-corrected chi connectivity index (χ3v) is 2.77. The molecule has 0 amide bonds. The van der Waals surface area contributed by atoms with Gasteiger partial charge >= 0.3 is 15.6 Å². The standard InChI is InChI=1S/C10H9F3O3S/c1-2-9(8-6-4-3-5-7-8)16-17(14,15)10(11,12)13/h2-7H,1H3/b9-2+. The average molecular weight is 266 g/mol. The number of hydrogen-bond donors (Lipinski definition) is 0. The summed E-state index contributed by atoms with van der Waals surface area (Å²) >= 11 is 0. The molecule has 0 aliphatic heterocycles. The van der Waals surface area contributed by atoms with Crippen LogP contribution < -0.4 is 0 Å². The molecule has 0 aliphatic carbocycles.